The summed E-state index contributed by atoms with van der Waals surface area (Å²) in [6, 6.07) is 7.32. The van der Waals surface area contributed by atoms with Crippen LogP contribution in [0.5, 0.6) is 0 Å². The van der Waals surface area contributed by atoms with E-state index in [1.54, 1.807) is 23.3 Å². The van der Waals surface area contributed by atoms with Crippen LogP contribution >= 0.6 is 0 Å². The van der Waals surface area contributed by atoms with Gasteiger partial charge in [-0.15, -0.1) is 0 Å². The summed E-state index contributed by atoms with van der Waals surface area (Å²) in [5.74, 6) is -0.668. The molecule has 0 spiro atoms. The molecule has 0 fully saturated rings. The van der Waals surface area contributed by atoms with Crippen LogP contribution in [0.4, 0.5) is 5.69 Å². The summed E-state index contributed by atoms with van der Waals surface area (Å²) in [5.41, 5.74) is 1.71. The van der Waals surface area contributed by atoms with Crippen LogP contribution in [0.25, 0.3) is 0 Å². The maximum Gasteiger partial charge on any atom is 0.355 e. The predicted octanol–water partition coefficient (Wildman–Crippen LogP) is 1.95. The van der Waals surface area contributed by atoms with Crippen molar-refractivity contribution < 1.29 is 23.8 Å². The lowest BCUT2D eigenvalue weighted by atomic mass is 10.1. The number of methoxy groups -OCH3 is 2. The molecule has 2 heterocycles. The van der Waals surface area contributed by atoms with E-state index in [0.29, 0.717) is 24.7 Å². The lowest BCUT2D eigenvalue weighted by Crippen LogP contribution is -2.27. The predicted molar refractivity (Wildman–Crippen MR) is 95.6 cm³/mol. The van der Waals surface area contributed by atoms with Gasteiger partial charge in [-0.05, 0) is 36.4 Å². The zero-order valence-corrected chi connectivity index (χ0v) is 14.5. The number of nitrogens with zero attached hydrogens (tertiary/aromatic N) is 2. The lowest BCUT2D eigenvalue weighted by Gasteiger charge is -2.23. The Labute approximate surface area is 150 Å². The van der Waals surface area contributed by atoms with Gasteiger partial charge in [-0.1, -0.05) is 6.08 Å². The molecule has 1 aromatic rings. The van der Waals surface area contributed by atoms with Crippen LogP contribution < -0.4 is 4.90 Å². The molecule has 0 saturated heterocycles. The van der Waals surface area contributed by atoms with E-state index in [1.807, 2.05) is 24.3 Å². The third kappa shape index (κ3) is 3.37. The number of anilines is 1. The molecule has 2 aliphatic rings. The number of carbonyl (C=O) groups excluding carboxylic acids is 2. The number of hydrogen-bond donors (Lipinski definition) is 0. The minimum absolute atomic E-state index is 0.0755. The Morgan fingerprint density at radius 3 is 2.42 bits per heavy atom. The molecule has 0 aliphatic carbocycles. The quantitative estimate of drug-likeness (QED) is 0.769. The largest absolute Gasteiger partial charge is 0.476 e. The molecule has 0 amide bonds. The molecule has 7 nitrogen and oxygen atoms in total. The number of carbonyl (C=O) groups is 2. The second kappa shape index (κ2) is 7.69. The highest BCUT2D eigenvalue weighted by Crippen LogP contribution is 2.27. The van der Waals surface area contributed by atoms with Crippen LogP contribution in [-0.4, -0.2) is 45.2 Å². The molecular formula is C19H18N2O5. The Morgan fingerprint density at radius 1 is 1.08 bits per heavy atom. The molecule has 26 heavy (non-hydrogen) atoms. The first-order valence-corrected chi connectivity index (χ1v) is 7.98. The van der Waals surface area contributed by atoms with Gasteiger partial charge in [0.25, 0.3) is 0 Å². The van der Waals surface area contributed by atoms with Gasteiger partial charge in [-0.2, -0.15) is 0 Å². The molecule has 0 saturated carbocycles. The van der Waals surface area contributed by atoms with Crippen molar-refractivity contribution in [2.24, 2.45) is 4.99 Å². The monoisotopic (exact) mass is 354 g/mol. The van der Waals surface area contributed by atoms with Crippen LogP contribution in [0.1, 0.15) is 5.56 Å². The number of esters is 2. The normalized spacial score (nSPS) is 16.1. The van der Waals surface area contributed by atoms with Crippen molar-refractivity contribution in [1.29, 1.82) is 0 Å². The van der Waals surface area contributed by atoms with E-state index >= 15 is 0 Å². The minimum Gasteiger partial charge on any atom is -0.476 e. The zero-order chi connectivity index (χ0) is 18.5. The van der Waals surface area contributed by atoms with Crippen LogP contribution in [0.15, 0.2) is 65.0 Å². The summed E-state index contributed by atoms with van der Waals surface area (Å²) in [7, 11) is 2.53. The number of hydrogen-bond acceptors (Lipinski definition) is 7. The Bertz CT molecular complexity index is 834. The molecule has 0 unspecified atom stereocenters. The first-order valence-electron chi connectivity index (χ1n) is 7.98. The maximum atomic E-state index is 12.4. The SMILES string of the molecule is COC(=O)C1=C(C(=O)OC)N(c2ccc(C3=NCCO3)cc2)C=CC=C1. The van der Waals surface area contributed by atoms with Crippen molar-refractivity contribution in [1.82, 2.24) is 0 Å². The van der Waals surface area contributed by atoms with Gasteiger partial charge in [-0.25, -0.2) is 14.6 Å². The number of ether oxygens (including phenoxy) is 3. The maximum absolute atomic E-state index is 12.4. The van der Waals surface area contributed by atoms with E-state index in [9.17, 15) is 9.59 Å². The summed E-state index contributed by atoms with van der Waals surface area (Å²) < 4.78 is 15.1. The molecule has 0 N–H and O–H groups in total. The van der Waals surface area contributed by atoms with E-state index in [1.165, 1.54) is 20.3 Å². The van der Waals surface area contributed by atoms with Gasteiger partial charge in [0, 0.05) is 17.5 Å². The van der Waals surface area contributed by atoms with Gasteiger partial charge in [0.15, 0.2) is 0 Å². The number of allylic oxidation sites excluding steroid dienone is 2. The summed E-state index contributed by atoms with van der Waals surface area (Å²) in [6.45, 7) is 1.23. The second-order valence-electron chi connectivity index (χ2n) is 5.40. The minimum atomic E-state index is -0.644. The summed E-state index contributed by atoms with van der Waals surface area (Å²) in [5, 5.41) is 0. The smallest absolute Gasteiger partial charge is 0.355 e. The first-order chi connectivity index (χ1) is 12.7. The van der Waals surface area contributed by atoms with E-state index in [2.05, 4.69) is 4.99 Å². The first kappa shape index (κ1) is 17.5. The lowest BCUT2D eigenvalue weighted by molar-refractivity contribution is -0.139. The molecule has 0 radical (unpaired) electrons. The van der Waals surface area contributed by atoms with E-state index in [4.69, 9.17) is 14.2 Å². The molecule has 1 aromatic carbocycles. The van der Waals surface area contributed by atoms with Gasteiger partial charge in [0.2, 0.25) is 5.90 Å². The third-order valence-corrected chi connectivity index (χ3v) is 3.87. The average molecular weight is 354 g/mol. The van der Waals surface area contributed by atoms with Crippen molar-refractivity contribution in [3.63, 3.8) is 0 Å². The fourth-order valence-electron chi connectivity index (χ4n) is 2.64. The third-order valence-electron chi connectivity index (χ3n) is 3.87. The van der Waals surface area contributed by atoms with Gasteiger partial charge >= 0.3 is 11.9 Å². The molecule has 7 heteroatoms. The molecule has 134 valence electrons. The molecule has 0 aromatic heterocycles. The fourth-order valence-corrected chi connectivity index (χ4v) is 2.64. The summed E-state index contributed by atoms with van der Waals surface area (Å²) in [4.78, 5) is 30.4. The average Bonchev–Trinajstić information content (AvgIpc) is 3.13. The van der Waals surface area contributed by atoms with Crippen LogP contribution in [-0.2, 0) is 23.8 Å². The van der Waals surface area contributed by atoms with E-state index in [-0.39, 0.29) is 11.3 Å². The van der Waals surface area contributed by atoms with Crippen molar-refractivity contribution in [3.05, 3.63) is 65.5 Å². The van der Waals surface area contributed by atoms with Crippen LogP contribution in [0.3, 0.4) is 0 Å². The topological polar surface area (TPSA) is 77.4 Å². The van der Waals surface area contributed by atoms with Gasteiger partial charge in [0.05, 0.1) is 26.3 Å². The summed E-state index contributed by atoms with van der Waals surface area (Å²) >= 11 is 0. The number of rotatable bonds is 4. The van der Waals surface area contributed by atoms with E-state index in [0.717, 1.165) is 5.56 Å². The highest BCUT2D eigenvalue weighted by atomic mass is 16.5. The molecular weight excluding hydrogens is 336 g/mol. The zero-order valence-electron chi connectivity index (χ0n) is 14.5. The highest BCUT2D eigenvalue weighted by molar-refractivity contribution is 6.05. The molecule has 3 rings (SSSR count). The highest BCUT2D eigenvalue weighted by Gasteiger charge is 2.27. The van der Waals surface area contributed by atoms with Crippen LogP contribution in [0.2, 0.25) is 0 Å². The van der Waals surface area contributed by atoms with Crippen molar-refractivity contribution in [3.8, 4) is 0 Å². The standard InChI is InChI=1S/C19H18N2O5/c1-24-18(22)15-5-3-4-11-21(16(15)19(23)25-2)14-8-6-13(7-9-14)17-20-10-12-26-17/h3-9,11H,10,12H2,1-2H3. The Balaban J connectivity index is 2.03. The van der Waals surface area contributed by atoms with Gasteiger partial charge < -0.3 is 19.1 Å². The Hall–Kier alpha value is -3.35. The summed E-state index contributed by atoms with van der Waals surface area (Å²) in [6.07, 6.45) is 6.57. The Kier molecular flexibility index (Phi) is 5.17. The van der Waals surface area contributed by atoms with Crippen molar-refractivity contribution in [2.45, 2.75) is 0 Å². The fraction of sp³-hybridized carbons (Fsp3) is 0.211. The van der Waals surface area contributed by atoms with Crippen LogP contribution in [0, 0.1) is 0 Å². The molecule has 0 atom stereocenters. The molecule has 2 aliphatic heterocycles. The second-order valence-corrected chi connectivity index (χ2v) is 5.40. The van der Waals surface area contributed by atoms with Crippen molar-refractivity contribution >= 4 is 23.5 Å². The number of benzene rings is 1. The van der Waals surface area contributed by atoms with E-state index < -0.39 is 11.9 Å². The molecule has 0 bridgehead atoms. The van der Waals surface area contributed by atoms with Gasteiger partial charge in [0.1, 0.15) is 12.3 Å². The number of aliphatic imine (C=N–C) groups is 1. The Morgan fingerprint density at radius 2 is 1.81 bits per heavy atom. The van der Waals surface area contributed by atoms with Gasteiger partial charge in [-0.3, -0.25) is 0 Å². The van der Waals surface area contributed by atoms with Crippen molar-refractivity contribution in [2.75, 3.05) is 32.3 Å².